The van der Waals surface area contributed by atoms with E-state index >= 15 is 0 Å². The Labute approximate surface area is 171 Å². The van der Waals surface area contributed by atoms with Gasteiger partial charge in [0, 0.05) is 18.8 Å². The molecule has 0 aromatic heterocycles. The summed E-state index contributed by atoms with van der Waals surface area (Å²) in [6.45, 7) is 3.63. The quantitative estimate of drug-likeness (QED) is 0.836. The molecule has 0 unspecified atom stereocenters. The number of fused-ring (bicyclic) bond motifs is 3. The molecule has 1 spiro atoms. The standard InChI is InChI=1S/C24H27N3O2/c1-2-7-20-24(18-11-3-4-12-19(18)26-23(24)29)13-15-27(20)22(28)17-10-5-8-16-9-6-14-25-21(16)17/h3-5,8,10-12,20,25H,2,6-7,9,13-15H2,1H3,(H,26,29)/t20-,24+/m0/s1. The molecule has 0 saturated carbocycles. The zero-order valence-corrected chi connectivity index (χ0v) is 16.8. The van der Waals surface area contributed by atoms with E-state index in [1.54, 1.807) is 0 Å². The molecule has 2 amide bonds. The van der Waals surface area contributed by atoms with Gasteiger partial charge in [0.2, 0.25) is 5.91 Å². The molecule has 0 radical (unpaired) electrons. The molecular formula is C24H27N3O2. The number of nitrogens with zero attached hydrogens (tertiary/aromatic N) is 1. The minimum atomic E-state index is -0.634. The fourth-order valence-electron chi connectivity index (χ4n) is 5.56. The summed E-state index contributed by atoms with van der Waals surface area (Å²) < 4.78 is 0. The Morgan fingerprint density at radius 3 is 2.93 bits per heavy atom. The van der Waals surface area contributed by atoms with E-state index in [4.69, 9.17) is 0 Å². The van der Waals surface area contributed by atoms with E-state index < -0.39 is 5.41 Å². The fourth-order valence-corrected chi connectivity index (χ4v) is 5.56. The molecule has 5 nitrogen and oxygen atoms in total. The lowest BCUT2D eigenvalue weighted by molar-refractivity contribution is -0.121. The third-order valence-corrected chi connectivity index (χ3v) is 6.88. The second-order valence-electron chi connectivity index (χ2n) is 8.39. The number of hydrogen-bond donors (Lipinski definition) is 2. The Hall–Kier alpha value is -2.82. The van der Waals surface area contributed by atoms with Crippen molar-refractivity contribution in [2.24, 2.45) is 0 Å². The van der Waals surface area contributed by atoms with Gasteiger partial charge in [0.05, 0.1) is 22.7 Å². The largest absolute Gasteiger partial charge is 0.384 e. The van der Waals surface area contributed by atoms with Gasteiger partial charge in [0.15, 0.2) is 0 Å². The first-order chi connectivity index (χ1) is 14.2. The van der Waals surface area contributed by atoms with Gasteiger partial charge in [-0.2, -0.15) is 0 Å². The van der Waals surface area contributed by atoms with Crippen LogP contribution in [0.3, 0.4) is 0 Å². The number of carbonyl (C=O) groups excluding carboxylic acids is 2. The van der Waals surface area contributed by atoms with Gasteiger partial charge < -0.3 is 15.5 Å². The van der Waals surface area contributed by atoms with Crippen molar-refractivity contribution in [1.82, 2.24) is 4.90 Å². The summed E-state index contributed by atoms with van der Waals surface area (Å²) in [5.41, 5.74) is 4.25. The van der Waals surface area contributed by atoms with Crippen molar-refractivity contribution in [3.8, 4) is 0 Å². The zero-order valence-electron chi connectivity index (χ0n) is 16.8. The Kier molecular flexibility index (Phi) is 4.34. The lowest BCUT2D eigenvalue weighted by Crippen LogP contribution is -2.48. The van der Waals surface area contributed by atoms with Crippen molar-refractivity contribution >= 4 is 23.2 Å². The molecule has 3 aliphatic rings. The van der Waals surface area contributed by atoms with Crippen LogP contribution in [-0.2, 0) is 16.6 Å². The lowest BCUT2D eigenvalue weighted by Gasteiger charge is -2.34. The van der Waals surface area contributed by atoms with Crippen molar-refractivity contribution < 1.29 is 9.59 Å². The molecule has 1 fully saturated rings. The summed E-state index contributed by atoms with van der Waals surface area (Å²) in [5, 5.41) is 6.52. The topological polar surface area (TPSA) is 61.4 Å². The Morgan fingerprint density at radius 2 is 2.07 bits per heavy atom. The summed E-state index contributed by atoms with van der Waals surface area (Å²) in [5.74, 6) is 0.0874. The molecule has 5 rings (SSSR count). The van der Waals surface area contributed by atoms with Crippen LogP contribution in [0.25, 0.3) is 0 Å². The number of rotatable bonds is 3. The monoisotopic (exact) mass is 389 g/mol. The third-order valence-electron chi connectivity index (χ3n) is 6.88. The van der Waals surface area contributed by atoms with Crippen LogP contribution in [0.5, 0.6) is 0 Å². The highest BCUT2D eigenvalue weighted by Crippen LogP contribution is 2.49. The van der Waals surface area contributed by atoms with Gasteiger partial charge in [-0.15, -0.1) is 0 Å². The van der Waals surface area contributed by atoms with Crippen LogP contribution >= 0.6 is 0 Å². The van der Waals surface area contributed by atoms with Crippen molar-refractivity contribution in [3.05, 3.63) is 59.2 Å². The van der Waals surface area contributed by atoms with Crippen molar-refractivity contribution in [1.29, 1.82) is 0 Å². The van der Waals surface area contributed by atoms with E-state index in [1.165, 1.54) is 5.56 Å². The number of benzene rings is 2. The van der Waals surface area contributed by atoms with Crippen LogP contribution in [0.4, 0.5) is 11.4 Å². The molecule has 5 heteroatoms. The van der Waals surface area contributed by atoms with E-state index in [0.717, 1.165) is 54.7 Å². The van der Waals surface area contributed by atoms with E-state index in [2.05, 4.69) is 29.7 Å². The number of amides is 2. The molecule has 150 valence electrons. The van der Waals surface area contributed by atoms with Crippen LogP contribution in [0.1, 0.15) is 54.1 Å². The molecule has 0 bridgehead atoms. The van der Waals surface area contributed by atoms with E-state index in [-0.39, 0.29) is 17.9 Å². The molecule has 2 atom stereocenters. The smallest absolute Gasteiger partial charge is 0.256 e. The molecular weight excluding hydrogens is 362 g/mol. The van der Waals surface area contributed by atoms with Crippen LogP contribution in [0.2, 0.25) is 0 Å². The number of anilines is 2. The SMILES string of the molecule is CCC[C@@H]1N(C(=O)c2cccc3c2NCCC3)CC[C@]12C(=O)Nc1ccccc12. The van der Waals surface area contributed by atoms with Gasteiger partial charge in [-0.1, -0.05) is 43.7 Å². The highest BCUT2D eigenvalue weighted by Gasteiger charge is 2.58. The van der Waals surface area contributed by atoms with Crippen molar-refractivity contribution in [3.63, 3.8) is 0 Å². The van der Waals surface area contributed by atoms with Crippen LogP contribution in [-0.4, -0.2) is 35.8 Å². The van der Waals surface area contributed by atoms with Crippen molar-refractivity contribution in [2.75, 3.05) is 23.7 Å². The van der Waals surface area contributed by atoms with E-state index in [0.29, 0.717) is 13.0 Å². The van der Waals surface area contributed by atoms with Gasteiger partial charge >= 0.3 is 0 Å². The summed E-state index contributed by atoms with van der Waals surface area (Å²) in [4.78, 5) is 28.9. The first kappa shape index (κ1) is 18.2. The second-order valence-corrected chi connectivity index (χ2v) is 8.39. The molecule has 0 aliphatic carbocycles. The fraction of sp³-hybridized carbons (Fsp3) is 0.417. The van der Waals surface area contributed by atoms with E-state index in [9.17, 15) is 9.59 Å². The van der Waals surface area contributed by atoms with Crippen molar-refractivity contribution in [2.45, 2.75) is 50.5 Å². The minimum absolute atomic E-state index is 0.0423. The number of carbonyl (C=O) groups is 2. The van der Waals surface area contributed by atoms with Gasteiger partial charge in [0.1, 0.15) is 0 Å². The molecule has 2 N–H and O–H groups in total. The minimum Gasteiger partial charge on any atom is -0.384 e. The van der Waals surface area contributed by atoms with Gasteiger partial charge in [-0.25, -0.2) is 0 Å². The lowest BCUT2D eigenvalue weighted by atomic mass is 9.73. The van der Waals surface area contributed by atoms with Crippen LogP contribution < -0.4 is 10.6 Å². The highest BCUT2D eigenvalue weighted by molar-refractivity contribution is 6.08. The summed E-state index contributed by atoms with van der Waals surface area (Å²) in [7, 11) is 0. The predicted octanol–water partition coefficient (Wildman–Crippen LogP) is 3.95. The first-order valence-corrected chi connectivity index (χ1v) is 10.7. The maximum absolute atomic E-state index is 13.7. The average molecular weight is 389 g/mol. The maximum Gasteiger partial charge on any atom is 0.256 e. The number of nitrogens with one attached hydrogen (secondary N) is 2. The molecule has 29 heavy (non-hydrogen) atoms. The number of para-hydroxylation sites is 2. The molecule has 3 heterocycles. The van der Waals surface area contributed by atoms with Gasteiger partial charge in [-0.05, 0) is 48.9 Å². The number of aryl methyl sites for hydroxylation is 1. The molecule has 2 aromatic rings. The van der Waals surface area contributed by atoms with E-state index in [1.807, 2.05) is 35.2 Å². The zero-order chi connectivity index (χ0) is 20.0. The molecule has 3 aliphatic heterocycles. The number of likely N-dealkylation sites (tertiary alicyclic amines) is 1. The van der Waals surface area contributed by atoms with Gasteiger partial charge in [-0.3, -0.25) is 9.59 Å². The Bertz CT molecular complexity index is 986. The van der Waals surface area contributed by atoms with Crippen LogP contribution in [0, 0.1) is 0 Å². The normalized spacial score (nSPS) is 24.8. The third kappa shape index (κ3) is 2.60. The Morgan fingerprint density at radius 1 is 1.21 bits per heavy atom. The average Bonchev–Trinajstić information content (AvgIpc) is 3.27. The predicted molar refractivity (Wildman–Crippen MR) is 114 cm³/mol. The first-order valence-electron chi connectivity index (χ1n) is 10.7. The van der Waals surface area contributed by atoms with Crippen LogP contribution in [0.15, 0.2) is 42.5 Å². The number of hydrogen-bond acceptors (Lipinski definition) is 3. The Balaban J connectivity index is 1.56. The maximum atomic E-state index is 13.7. The second kappa shape index (κ2) is 6.90. The summed E-state index contributed by atoms with van der Waals surface area (Å²) in [6, 6.07) is 13.9. The molecule has 1 saturated heterocycles. The summed E-state index contributed by atoms with van der Waals surface area (Å²) >= 11 is 0. The molecule has 2 aromatic carbocycles. The highest BCUT2D eigenvalue weighted by atomic mass is 16.2. The van der Waals surface area contributed by atoms with Gasteiger partial charge in [0.25, 0.3) is 5.91 Å². The summed E-state index contributed by atoms with van der Waals surface area (Å²) in [6.07, 6.45) is 4.51.